The van der Waals surface area contributed by atoms with E-state index in [1.165, 1.54) is 5.56 Å². The largest absolute Gasteiger partial charge is 0.391 e. The molecule has 0 unspecified atom stereocenters. The summed E-state index contributed by atoms with van der Waals surface area (Å²) in [5.41, 5.74) is 1.25. The Morgan fingerprint density at radius 2 is 1.92 bits per heavy atom. The van der Waals surface area contributed by atoms with E-state index in [2.05, 4.69) is 51.4 Å². The van der Waals surface area contributed by atoms with E-state index in [4.69, 9.17) is 0 Å². The Balaban J connectivity index is 1.35. The molecule has 2 aliphatic rings. The van der Waals surface area contributed by atoms with Crippen molar-refractivity contribution in [2.75, 3.05) is 19.6 Å². The van der Waals surface area contributed by atoms with Gasteiger partial charge in [0.05, 0.1) is 12.1 Å². The van der Waals surface area contributed by atoms with Crippen LogP contribution in [0, 0.1) is 11.8 Å². The Bertz CT molecular complexity index is 670. The summed E-state index contributed by atoms with van der Waals surface area (Å²) in [4.78, 5) is 6.53. The Morgan fingerprint density at radius 1 is 1.12 bits per heavy atom. The van der Waals surface area contributed by atoms with Gasteiger partial charge in [-0.15, -0.1) is 0 Å². The van der Waals surface area contributed by atoms with Crippen LogP contribution < -0.4 is 0 Å². The molecule has 1 aliphatic heterocycles. The first-order valence-electron chi connectivity index (χ1n) is 8.75. The maximum Gasteiger partial charge on any atom is 0.137 e. The summed E-state index contributed by atoms with van der Waals surface area (Å²) in [6.45, 7) is 3.18. The zero-order valence-electron chi connectivity index (χ0n) is 13.8. The Morgan fingerprint density at radius 3 is 2.67 bits per heavy atom. The normalized spacial score (nSPS) is 30.7. The molecule has 0 spiro atoms. The van der Waals surface area contributed by atoms with E-state index in [0.29, 0.717) is 11.8 Å². The number of aliphatic hydroxyl groups is 1. The number of likely N-dealkylation sites (tertiary alicyclic amines) is 1. The summed E-state index contributed by atoms with van der Waals surface area (Å²) in [6, 6.07) is 10.5. The Kier molecular flexibility index (Phi) is 4.45. The summed E-state index contributed by atoms with van der Waals surface area (Å²) in [5, 5.41) is 14.7. The van der Waals surface area contributed by atoms with Gasteiger partial charge in [-0.1, -0.05) is 42.5 Å². The molecule has 126 valence electrons. The average molecular weight is 324 g/mol. The maximum atomic E-state index is 10.5. The maximum absolute atomic E-state index is 10.5. The predicted molar refractivity (Wildman–Crippen MR) is 93.2 cm³/mol. The standard InChI is InChI=1S/C19H24N4O/c24-19-10-17-12-22(8-4-7-15-5-2-1-3-6-15)11-16(17)9-18(19)23-14-20-13-21-23/h1-7,13-14,16-19,24H,8-12H2/b7-4+/t16-,17+,18-,19-/m1/s1. The zero-order chi connectivity index (χ0) is 16.4. The van der Waals surface area contributed by atoms with Crippen LogP contribution >= 0.6 is 0 Å². The number of fused-ring (bicyclic) bond motifs is 1. The monoisotopic (exact) mass is 324 g/mol. The molecule has 2 aromatic rings. The number of rotatable bonds is 4. The van der Waals surface area contributed by atoms with Gasteiger partial charge in [-0.25, -0.2) is 9.67 Å². The molecule has 1 aliphatic carbocycles. The number of hydrogen-bond donors (Lipinski definition) is 1. The lowest BCUT2D eigenvalue weighted by Gasteiger charge is -2.35. The van der Waals surface area contributed by atoms with Gasteiger partial charge in [0, 0.05) is 19.6 Å². The van der Waals surface area contributed by atoms with Crippen molar-refractivity contribution in [2.24, 2.45) is 11.8 Å². The van der Waals surface area contributed by atoms with Crippen molar-refractivity contribution < 1.29 is 5.11 Å². The summed E-state index contributed by atoms with van der Waals surface area (Å²) in [6.07, 6.45) is 9.26. The highest BCUT2D eigenvalue weighted by atomic mass is 16.3. The lowest BCUT2D eigenvalue weighted by molar-refractivity contribution is 0.0305. The van der Waals surface area contributed by atoms with Gasteiger partial charge in [0.1, 0.15) is 12.7 Å². The van der Waals surface area contributed by atoms with Gasteiger partial charge in [0.25, 0.3) is 0 Å². The van der Waals surface area contributed by atoms with Crippen LogP contribution in [-0.4, -0.2) is 50.5 Å². The smallest absolute Gasteiger partial charge is 0.137 e. The molecule has 1 saturated carbocycles. The molecule has 5 heteroatoms. The van der Waals surface area contributed by atoms with Crippen LogP contribution in [0.3, 0.4) is 0 Å². The highest BCUT2D eigenvalue weighted by Crippen LogP contribution is 2.40. The number of aliphatic hydroxyl groups excluding tert-OH is 1. The molecule has 0 radical (unpaired) electrons. The van der Waals surface area contributed by atoms with Crippen LogP contribution in [0.15, 0.2) is 49.1 Å². The minimum atomic E-state index is -0.312. The van der Waals surface area contributed by atoms with Crippen LogP contribution in [0.5, 0.6) is 0 Å². The number of hydrogen-bond acceptors (Lipinski definition) is 4. The van der Waals surface area contributed by atoms with Gasteiger partial charge < -0.3 is 5.11 Å². The average Bonchev–Trinajstić information content (AvgIpc) is 3.24. The summed E-state index contributed by atoms with van der Waals surface area (Å²) in [5.74, 6) is 1.25. The SMILES string of the molecule is O[C@@H]1C[C@H]2CN(C/C=C/c3ccccc3)C[C@H]2C[C@H]1n1cncn1. The second-order valence-corrected chi connectivity index (χ2v) is 7.03. The second kappa shape index (κ2) is 6.87. The predicted octanol–water partition coefficient (Wildman–Crippen LogP) is 2.24. The van der Waals surface area contributed by atoms with Crippen LogP contribution in [0.25, 0.3) is 6.08 Å². The molecule has 0 bridgehead atoms. The number of nitrogens with zero attached hydrogens (tertiary/aromatic N) is 4. The summed E-state index contributed by atoms with van der Waals surface area (Å²) < 4.78 is 1.83. The van der Waals surface area contributed by atoms with Gasteiger partial charge in [-0.2, -0.15) is 5.10 Å². The van der Waals surface area contributed by atoms with Crippen molar-refractivity contribution >= 4 is 6.08 Å². The molecule has 1 aromatic carbocycles. The molecule has 0 amide bonds. The van der Waals surface area contributed by atoms with E-state index in [9.17, 15) is 5.11 Å². The van der Waals surface area contributed by atoms with E-state index in [1.807, 2.05) is 10.7 Å². The van der Waals surface area contributed by atoms with E-state index in [0.717, 1.165) is 32.5 Å². The van der Waals surface area contributed by atoms with Gasteiger partial charge in [0.15, 0.2) is 0 Å². The minimum absolute atomic E-state index is 0.0774. The second-order valence-electron chi connectivity index (χ2n) is 7.03. The first-order valence-corrected chi connectivity index (χ1v) is 8.75. The Hall–Kier alpha value is -1.98. The van der Waals surface area contributed by atoms with Crippen LogP contribution in [0.2, 0.25) is 0 Å². The van der Waals surface area contributed by atoms with Gasteiger partial charge >= 0.3 is 0 Å². The van der Waals surface area contributed by atoms with Crippen LogP contribution in [-0.2, 0) is 0 Å². The first kappa shape index (κ1) is 15.5. The lowest BCUT2D eigenvalue weighted by atomic mass is 9.77. The molecule has 1 N–H and O–H groups in total. The molecular weight excluding hydrogens is 300 g/mol. The molecule has 5 nitrogen and oxygen atoms in total. The van der Waals surface area contributed by atoms with Crippen molar-refractivity contribution in [3.8, 4) is 0 Å². The fourth-order valence-corrected chi connectivity index (χ4v) is 4.23. The van der Waals surface area contributed by atoms with Crippen molar-refractivity contribution in [1.82, 2.24) is 19.7 Å². The molecular formula is C19H24N4O. The summed E-state index contributed by atoms with van der Waals surface area (Å²) in [7, 11) is 0. The number of aromatic nitrogens is 3. The van der Waals surface area contributed by atoms with Crippen molar-refractivity contribution in [3.05, 3.63) is 54.6 Å². The molecule has 4 rings (SSSR count). The van der Waals surface area contributed by atoms with Gasteiger partial charge in [0.2, 0.25) is 0 Å². The van der Waals surface area contributed by atoms with E-state index in [-0.39, 0.29) is 12.1 Å². The molecule has 4 atom stereocenters. The van der Waals surface area contributed by atoms with Crippen LogP contribution in [0.1, 0.15) is 24.4 Å². The lowest BCUT2D eigenvalue weighted by Crippen LogP contribution is -2.36. The first-order chi connectivity index (χ1) is 11.8. The highest BCUT2D eigenvalue weighted by Gasteiger charge is 2.42. The highest BCUT2D eigenvalue weighted by molar-refractivity contribution is 5.48. The van der Waals surface area contributed by atoms with E-state index < -0.39 is 0 Å². The zero-order valence-corrected chi connectivity index (χ0v) is 13.8. The molecule has 2 heterocycles. The van der Waals surface area contributed by atoms with E-state index >= 15 is 0 Å². The molecule has 1 aromatic heterocycles. The third-order valence-corrected chi connectivity index (χ3v) is 5.43. The number of benzene rings is 1. The van der Waals surface area contributed by atoms with Crippen molar-refractivity contribution in [1.29, 1.82) is 0 Å². The van der Waals surface area contributed by atoms with Crippen LogP contribution in [0.4, 0.5) is 0 Å². The van der Waals surface area contributed by atoms with Crippen molar-refractivity contribution in [3.63, 3.8) is 0 Å². The van der Waals surface area contributed by atoms with E-state index in [1.54, 1.807) is 12.7 Å². The fraction of sp³-hybridized carbons (Fsp3) is 0.474. The minimum Gasteiger partial charge on any atom is -0.391 e. The third kappa shape index (κ3) is 3.28. The van der Waals surface area contributed by atoms with Gasteiger partial charge in [-0.05, 0) is 30.2 Å². The Labute approximate surface area is 142 Å². The van der Waals surface area contributed by atoms with Crippen molar-refractivity contribution in [2.45, 2.75) is 25.0 Å². The molecule has 24 heavy (non-hydrogen) atoms. The quantitative estimate of drug-likeness (QED) is 0.937. The third-order valence-electron chi connectivity index (χ3n) is 5.43. The molecule has 1 saturated heterocycles. The molecule has 2 fully saturated rings. The topological polar surface area (TPSA) is 54.2 Å². The fourth-order valence-electron chi connectivity index (χ4n) is 4.23. The summed E-state index contributed by atoms with van der Waals surface area (Å²) >= 11 is 0. The van der Waals surface area contributed by atoms with Gasteiger partial charge in [-0.3, -0.25) is 4.90 Å².